The third-order valence-corrected chi connectivity index (χ3v) is 6.86. The first-order chi connectivity index (χ1) is 16.0. The van der Waals surface area contributed by atoms with E-state index in [1.165, 1.54) is 0 Å². The standard InChI is InChI=1S/C24H28F2N6O/c1-31-14-17(13-29-31)23-5-15-4-18(27-11-16(15)12-28-23)8-24(33)32-21-2-3-22(32)7-19(6-21)30-20(9-25)10-26/h4-5,11-14,19-22,30H,2-3,6-10H2,1H3/t19?,21-,22+. The Morgan fingerprint density at radius 3 is 2.48 bits per heavy atom. The van der Waals surface area contributed by atoms with Crippen LogP contribution in [0.15, 0.2) is 36.9 Å². The molecule has 33 heavy (non-hydrogen) atoms. The molecule has 5 heterocycles. The molecular weight excluding hydrogens is 426 g/mol. The molecule has 2 fully saturated rings. The van der Waals surface area contributed by atoms with Crippen LogP contribution in [0.1, 0.15) is 31.4 Å². The van der Waals surface area contributed by atoms with Crippen molar-refractivity contribution >= 4 is 16.7 Å². The molecule has 3 aromatic rings. The van der Waals surface area contributed by atoms with Crippen LogP contribution in [0.25, 0.3) is 22.0 Å². The second-order valence-electron chi connectivity index (χ2n) is 9.20. The summed E-state index contributed by atoms with van der Waals surface area (Å²) in [6, 6.07) is 3.50. The molecule has 9 heteroatoms. The summed E-state index contributed by atoms with van der Waals surface area (Å²) in [6.07, 6.45) is 10.8. The van der Waals surface area contributed by atoms with Crippen molar-refractivity contribution in [1.82, 2.24) is 30.0 Å². The van der Waals surface area contributed by atoms with Gasteiger partial charge in [-0.3, -0.25) is 19.4 Å². The number of hydrogen-bond donors (Lipinski definition) is 1. The zero-order valence-electron chi connectivity index (χ0n) is 18.6. The average molecular weight is 455 g/mol. The smallest absolute Gasteiger partial charge is 0.229 e. The largest absolute Gasteiger partial charge is 0.336 e. The molecule has 7 nitrogen and oxygen atoms in total. The first-order valence-electron chi connectivity index (χ1n) is 11.5. The number of aromatic nitrogens is 4. The van der Waals surface area contributed by atoms with E-state index in [-0.39, 0.29) is 30.5 Å². The number of carbonyl (C=O) groups is 1. The molecule has 1 unspecified atom stereocenters. The van der Waals surface area contributed by atoms with Gasteiger partial charge in [0.1, 0.15) is 13.3 Å². The van der Waals surface area contributed by atoms with Crippen LogP contribution in [0.2, 0.25) is 0 Å². The van der Waals surface area contributed by atoms with Gasteiger partial charge in [0.25, 0.3) is 0 Å². The normalized spacial score (nSPS) is 22.4. The molecule has 2 bridgehead atoms. The third kappa shape index (κ3) is 4.46. The van der Waals surface area contributed by atoms with Gasteiger partial charge in [-0.1, -0.05) is 0 Å². The topological polar surface area (TPSA) is 75.9 Å². The number of piperidine rings is 1. The van der Waals surface area contributed by atoms with Crippen LogP contribution < -0.4 is 5.32 Å². The Hall–Kier alpha value is -2.94. The first kappa shape index (κ1) is 21.9. The number of aryl methyl sites for hydroxylation is 1. The number of rotatable bonds is 7. The summed E-state index contributed by atoms with van der Waals surface area (Å²) in [5.74, 6) is 0.0712. The van der Waals surface area contributed by atoms with Crippen LogP contribution >= 0.6 is 0 Å². The quantitative estimate of drug-likeness (QED) is 0.594. The maximum atomic E-state index is 13.2. The summed E-state index contributed by atoms with van der Waals surface area (Å²) in [4.78, 5) is 24.2. The molecule has 2 aliphatic rings. The molecule has 0 saturated carbocycles. The highest BCUT2D eigenvalue weighted by atomic mass is 19.1. The molecular formula is C24H28F2N6O. The fraction of sp³-hybridized carbons (Fsp3) is 0.500. The van der Waals surface area contributed by atoms with Crippen LogP contribution in [0.4, 0.5) is 8.78 Å². The Kier molecular flexibility index (Phi) is 6.05. The van der Waals surface area contributed by atoms with Gasteiger partial charge in [-0.25, -0.2) is 8.78 Å². The molecule has 2 saturated heterocycles. The van der Waals surface area contributed by atoms with Gasteiger partial charge in [-0.05, 0) is 43.2 Å². The van der Waals surface area contributed by atoms with E-state index in [4.69, 9.17) is 0 Å². The van der Waals surface area contributed by atoms with Gasteiger partial charge in [0.15, 0.2) is 0 Å². The minimum absolute atomic E-state index is 0.0558. The molecule has 3 aromatic heterocycles. The monoisotopic (exact) mass is 454 g/mol. The Bertz CT molecular complexity index is 1130. The highest BCUT2D eigenvalue weighted by molar-refractivity contribution is 5.86. The van der Waals surface area contributed by atoms with E-state index >= 15 is 0 Å². The van der Waals surface area contributed by atoms with Crippen molar-refractivity contribution in [1.29, 1.82) is 0 Å². The minimum atomic E-state index is -0.746. The lowest BCUT2D eigenvalue weighted by atomic mass is 9.96. The van der Waals surface area contributed by atoms with E-state index in [0.717, 1.165) is 53.4 Å². The Morgan fingerprint density at radius 2 is 1.82 bits per heavy atom. The summed E-state index contributed by atoms with van der Waals surface area (Å²) in [6.45, 7) is -1.42. The van der Waals surface area contributed by atoms with Crippen molar-refractivity contribution in [2.45, 2.75) is 56.3 Å². The van der Waals surface area contributed by atoms with E-state index in [2.05, 4.69) is 20.4 Å². The fourth-order valence-corrected chi connectivity index (χ4v) is 5.32. The van der Waals surface area contributed by atoms with Gasteiger partial charge in [0.05, 0.1) is 30.0 Å². The maximum Gasteiger partial charge on any atom is 0.229 e. The van der Waals surface area contributed by atoms with Crippen molar-refractivity contribution in [3.05, 3.63) is 42.6 Å². The number of nitrogens with zero attached hydrogens (tertiary/aromatic N) is 5. The minimum Gasteiger partial charge on any atom is -0.336 e. The number of nitrogens with one attached hydrogen (secondary N) is 1. The van der Waals surface area contributed by atoms with Crippen molar-refractivity contribution in [3.63, 3.8) is 0 Å². The number of halogens is 2. The van der Waals surface area contributed by atoms with Crippen LogP contribution in [0.3, 0.4) is 0 Å². The Balaban J connectivity index is 1.29. The molecule has 3 atom stereocenters. The molecule has 1 amide bonds. The van der Waals surface area contributed by atoms with E-state index < -0.39 is 19.4 Å². The first-order valence-corrected chi connectivity index (χ1v) is 11.5. The number of hydrogen-bond acceptors (Lipinski definition) is 5. The number of pyridine rings is 2. The number of fused-ring (bicyclic) bond motifs is 3. The zero-order chi connectivity index (χ0) is 22.9. The van der Waals surface area contributed by atoms with Crippen LogP contribution in [0.5, 0.6) is 0 Å². The highest BCUT2D eigenvalue weighted by Crippen LogP contribution is 2.36. The zero-order valence-corrected chi connectivity index (χ0v) is 18.6. The maximum absolute atomic E-state index is 13.2. The van der Waals surface area contributed by atoms with Gasteiger partial charge in [0.2, 0.25) is 5.91 Å². The highest BCUT2D eigenvalue weighted by Gasteiger charge is 2.43. The molecule has 0 aliphatic carbocycles. The second-order valence-corrected chi connectivity index (χ2v) is 9.20. The summed E-state index contributed by atoms with van der Waals surface area (Å²) in [5, 5.41) is 9.20. The number of carbonyl (C=O) groups excluding carboxylic acids is 1. The Morgan fingerprint density at radius 1 is 1.09 bits per heavy atom. The van der Waals surface area contributed by atoms with Crippen molar-refractivity contribution in [2.24, 2.45) is 7.05 Å². The van der Waals surface area contributed by atoms with Gasteiger partial charge in [-0.2, -0.15) is 5.10 Å². The van der Waals surface area contributed by atoms with Crippen LogP contribution in [-0.4, -0.2) is 68.1 Å². The lowest BCUT2D eigenvalue weighted by Gasteiger charge is -2.40. The number of amides is 1. The van der Waals surface area contributed by atoms with E-state index in [9.17, 15) is 13.6 Å². The Labute approximate surface area is 191 Å². The van der Waals surface area contributed by atoms with E-state index in [1.807, 2.05) is 30.3 Å². The molecule has 0 radical (unpaired) electrons. The summed E-state index contributed by atoms with van der Waals surface area (Å²) < 4.78 is 27.6. The van der Waals surface area contributed by atoms with Gasteiger partial charge >= 0.3 is 0 Å². The van der Waals surface area contributed by atoms with Crippen molar-refractivity contribution in [3.8, 4) is 11.3 Å². The van der Waals surface area contributed by atoms with Gasteiger partial charge in [0, 0.05) is 54.7 Å². The fourth-order valence-electron chi connectivity index (χ4n) is 5.32. The molecule has 174 valence electrons. The SMILES string of the molecule is Cn1cc(-c2cc3cc(CC(=O)N4[C@@H]5CC[C@H]4CC(NC(CF)CF)C5)ncc3cn2)cn1. The lowest BCUT2D eigenvalue weighted by molar-refractivity contribution is -0.135. The summed E-state index contributed by atoms with van der Waals surface area (Å²) in [7, 11) is 1.87. The molecule has 0 aromatic carbocycles. The van der Waals surface area contributed by atoms with Gasteiger partial charge < -0.3 is 10.2 Å². The molecule has 5 rings (SSSR count). The van der Waals surface area contributed by atoms with Crippen LogP contribution in [0, 0.1) is 0 Å². The predicted octanol–water partition coefficient (Wildman–Crippen LogP) is 2.99. The average Bonchev–Trinajstić information content (AvgIpc) is 3.37. The second kappa shape index (κ2) is 9.13. The number of alkyl halides is 2. The summed E-state index contributed by atoms with van der Waals surface area (Å²) >= 11 is 0. The van der Waals surface area contributed by atoms with E-state index in [1.54, 1.807) is 23.3 Å². The van der Waals surface area contributed by atoms with E-state index in [0.29, 0.717) is 0 Å². The van der Waals surface area contributed by atoms with Crippen molar-refractivity contribution < 1.29 is 13.6 Å². The summed E-state index contributed by atoms with van der Waals surface area (Å²) in [5.41, 5.74) is 2.49. The van der Waals surface area contributed by atoms with Crippen LogP contribution in [-0.2, 0) is 18.3 Å². The van der Waals surface area contributed by atoms with Gasteiger partial charge in [-0.15, -0.1) is 0 Å². The molecule has 2 aliphatic heterocycles. The molecule has 1 N–H and O–H groups in total. The lowest BCUT2D eigenvalue weighted by Crippen LogP contribution is -2.54. The molecule has 0 spiro atoms. The predicted molar refractivity (Wildman–Crippen MR) is 121 cm³/mol. The van der Waals surface area contributed by atoms with Crippen molar-refractivity contribution in [2.75, 3.05) is 13.3 Å². The third-order valence-electron chi connectivity index (χ3n) is 6.86.